The van der Waals surface area contributed by atoms with Crippen molar-refractivity contribution >= 4 is 15.9 Å². The van der Waals surface area contributed by atoms with Crippen LogP contribution in [0.25, 0.3) is 0 Å². The molecule has 1 amide bonds. The third kappa shape index (κ3) is 2.63. The summed E-state index contributed by atoms with van der Waals surface area (Å²) in [6.07, 6.45) is 2.91. The molecule has 1 N–H and O–H groups in total. The maximum atomic E-state index is 13.2. The van der Waals surface area contributed by atoms with Gasteiger partial charge in [0.05, 0.1) is 11.1 Å². The van der Waals surface area contributed by atoms with E-state index in [0.717, 1.165) is 18.4 Å². The van der Waals surface area contributed by atoms with Gasteiger partial charge in [-0.15, -0.1) is 0 Å². The highest BCUT2D eigenvalue weighted by Crippen LogP contribution is 2.36. The number of nitrogens with zero attached hydrogens (tertiary/aromatic N) is 4. The summed E-state index contributed by atoms with van der Waals surface area (Å²) in [5.74, 6) is -0.210. The highest BCUT2D eigenvalue weighted by Gasteiger charge is 2.48. The number of aryl methyl sites for hydroxylation is 1. The molecule has 0 radical (unpaired) electrons. The molecule has 0 aliphatic carbocycles. The van der Waals surface area contributed by atoms with Gasteiger partial charge in [0.15, 0.2) is 5.69 Å². The molecule has 0 spiro atoms. The highest BCUT2D eigenvalue weighted by atomic mass is 32.2. The first kappa shape index (κ1) is 16.2. The number of rotatable bonds is 3. The van der Waals surface area contributed by atoms with Crippen LogP contribution in [-0.2, 0) is 10.0 Å². The van der Waals surface area contributed by atoms with Gasteiger partial charge in [0, 0.05) is 25.2 Å². The molecule has 25 heavy (non-hydrogen) atoms. The number of aromatic nitrogens is 3. The Hall–Kier alpha value is -2.26. The fourth-order valence-corrected chi connectivity index (χ4v) is 5.93. The lowest BCUT2D eigenvalue weighted by atomic mass is 10.2. The molecule has 3 heterocycles. The standard InChI is InChI=1S/C16H19N5O3S/c1-11-4-2-3-5-15(11)25(23,24)21-12-6-7-13(21)10-20(9-12)16(22)14-8-17-19-18-14/h2-5,8,12-13H,6-7,9-10H2,1H3,(H,17,18,19). The predicted octanol–water partition coefficient (Wildman–Crippen LogP) is 0.791. The van der Waals surface area contributed by atoms with Crippen LogP contribution in [0.4, 0.5) is 0 Å². The molecule has 2 unspecified atom stereocenters. The Bertz CT molecular complexity index is 882. The zero-order chi connectivity index (χ0) is 17.6. The Morgan fingerprint density at radius 1 is 1.20 bits per heavy atom. The van der Waals surface area contributed by atoms with Gasteiger partial charge < -0.3 is 4.90 Å². The van der Waals surface area contributed by atoms with E-state index in [4.69, 9.17) is 0 Å². The van der Waals surface area contributed by atoms with Crippen molar-refractivity contribution in [3.05, 3.63) is 41.7 Å². The molecule has 2 atom stereocenters. The topological polar surface area (TPSA) is 99.3 Å². The Kier molecular flexibility index (Phi) is 3.84. The number of aromatic amines is 1. The second-order valence-corrected chi connectivity index (χ2v) is 8.36. The van der Waals surface area contributed by atoms with E-state index in [1.165, 1.54) is 6.20 Å². The monoisotopic (exact) mass is 361 g/mol. The number of sulfonamides is 1. The Balaban J connectivity index is 1.61. The summed E-state index contributed by atoms with van der Waals surface area (Å²) in [5, 5.41) is 9.93. The summed E-state index contributed by atoms with van der Waals surface area (Å²) in [4.78, 5) is 14.5. The molecule has 8 nitrogen and oxygen atoms in total. The van der Waals surface area contributed by atoms with Crippen molar-refractivity contribution < 1.29 is 13.2 Å². The van der Waals surface area contributed by atoms with Crippen molar-refractivity contribution in [1.29, 1.82) is 0 Å². The Morgan fingerprint density at radius 2 is 1.88 bits per heavy atom. The second kappa shape index (κ2) is 5.92. The first-order valence-electron chi connectivity index (χ1n) is 8.22. The lowest BCUT2D eigenvalue weighted by Crippen LogP contribution is -2.57. The minimum Gasteiger partial charge on any atom is -0.334 e. The van der Waals surface area contributed by atoms with E-state index in [-0.39, 0.29) is 23.7 Å². The maximum absolute atomic E-state index is 13.2. The maximum Gasteiger partial charge on any atom is 0.276 e. The van der Waals surface area contributed by atoms with Gasteiger partial charge >= 0.3 is 0 Å². The summed E-state index contributed by atoms with van der Waals surface area (Å²) in [5.41, 5.74) is 0.998. The number of hydrogen-bond acceptors (Lipinski definition) is 5. The van der Waals surface area contributed by atoms with Gasteiger partial charge in [-0.2, -0.15) is 19.7 Å². The van der Waals surface area contributed by atoms with E-state index in [0.29, 0.717) is 18.0 Å². The summed E-state index contributed by atoms with van der Waals surface area (Å²) in [7, 11) is -3.57. The van der Waals surface area contributed by atoms with Gasteiger partial charge in [0.1, 0.15) is 0 Å². The van der Waals surface area contributed by atoms with E-state index >= 15 is 0 Å². The number of likely N-dealkylation sites (tertiary alicyclic amines) is 1. The molecule has 0 saturated carbocycles. The van der Waals surface area contributed by atoms with E-state index in [9.17, 15) is 13.2 Å². The first-order valence-corrected chi connectivity index (χ1v) is 9.66. The zero-order valence-corrected chi connectivity index (χ0v) is 14.6. The third-order valence-corrected chi connectivity index (χ3v) is 7.15. The van der Waals surface area contributed by atoms with Gasteiger partial charge in [0.2, 0.25) is 10.0 Å². The van der Waals surface area contributed by atoms with Crippen molar-refractivity contribution in [2.75, 3.05) is 13.1 Å². The second-order valence-electron chi connectivity index (χ2n) is 6.55. The van der Waals surface area contributed by atoms with Crippen molar-refractivity contribution in [3.8, 4) is 0 Å². The van der Waals surface area contributed by atoms with Crippen LogP contribution >= 0.6 is 0 Å². The molecule has 1 aromatic heterocycles. The molecule has 9 heteroatoms. The van der Waals surface area contributed by atoms with Crippen LogP contribution in [0.3, 0.4) is 0 Å². The van der Waals surface area contributed by atoms with Crippen LogP contribution in [0.15, 0.2) is 35.4 Å². The number of carbonyl (C=O) groups is 1. The molecule has 4 rings (SSSR count). The molecule has 132 valence electrons. The quantitative estimate of drug-likeness (QED) is 0.871. The summed E-state index contributed by atoms with van der Waals surface area (Å²) < 4.78 is 28.0. The van der Waals surface area contributed by atoms with E-state index in [2.05, 4.69) is 15.4 Å². The molecular weight excluding hydrogens is 342 g/mol. The molecule has 2 aromatic rings. The minimum absolute atomic E-state index is 0.195. The summed E-state index contributed by atoms with van der Waals surface area (Å²) in [6, 6.07) is 6.64. The Labute approximate surface area is 145 Å². The fraction of sp³-hybridized carbons (Fsp3) is 0.438. The average Bonchev–Trinajstić information content (AvgIpc) is 3.21. The van der Waals surface area contributed by atoms with E-state index in [1.807, 2.05) is 6.07 Å². The average molecular weight is 361 g/mol. The van der Waals surface area contributed by atoms with Crippen molar-refractivity contribution in [2.45, 2.75) is 36.7 Å². The van der Waals surface area contributed by atoms with E-state index in [1.54, 1.807) is 34.3 Å². The normalized spacial score (nSPS) is 23.8. The molecular formula is C16H19N5O3S. The van der Waals surface area contributed by atoms with Crippen LogP contribution in [0.5, 0.6) is 0 Å². The molecule has 1 aromatic carbocycles. The minimum atomic E-state index is -3.57. The number of piperazine rings is 1. The van der Waals surface area contributed by atoms with Gasteiger partial charge in [-0.1, -0.05) is 18.2 Å². The van der Waals surface area contributed by atoms with Crippen molar-refractivity contribution in [2.24, 2.45) is 0 Å². The van der Waals surface area contributed by atoms with Crippen LogP contribution in [0, 0.1) is 6.92 Å². The fourth-order valence-electron chi connectivity index (χ4n) is 3.85. The SMILES string of the molecule is Cc1ccccc1S(=O)(=O)N1C2CCC1CN(C(=O)c1cn[nH]n1)C2. The van der Waals surface area contributed by atoms with Gasteiger partial charge in [-0.25, -0.2) is 8.42 Å². The molecule has 2 bridgehead atoms. The molecule has 2 fully saturated rings. The third-order valence-electron chi connectivity index (χ3n) is 4.99. The number of benzene rings is 1. The Morgan fingerprint density at radius 3 is 2.48 bits per heavy atom. The molecule has 2 saturated heterocycles. The lowest BCUT2D eigenvalue weighted by molar-refractivity contribution is 0.0609. The number of hydrogen-bond donors (Lipinski definition) is 1. The number of fused-ring (bicyclic) bond motifs is 2. The van der Waals surface area contributed by atoms with E-state index < -0.39 is 10.0 Å². The highest BCUT2D eigenvalue weighted by molar-refractivity contribution is 7.89. The smallest absolute Gasteiger partial charge is 0.276 e. The number of amides is 1. The largest absolute Gasteiger partial charge is 0.334 e. The number of carbonyl (C=O) groups excluding carboxylic acids is 1. The van der Waals surface area contributed by atoms with Crippen LogP contribution in [0.1, 0.15) is 28.9 Å². The van der Waals surface area contributed by atoms with Crippen molar-refractivity contribution in [3.63, 3.8) is 0 Å². The summed E-state index contributed by atoms with van der Waals surface area (Å²) in [6.45, 7) is 2.57. The number of nitrogens with one attached hydrogen (secondary N) is 1. The van der Waals surface area contributed by atoms with Crippen molar-refractivity contribution in [1.82, 2.24) is 24.6 Å². The first-order chi connectivity index (χ1) is 12.0. The predicted molar refractivity (Wildman–Crippen MR) is 89.3 cm³/mol. The molecule has 2 aliphatic rings. The van der Waals surface area contributed by atoms with Gasteiger partial charge in [0.25, 0.3) is 5.91 Å². The lowest BCUT2D eigenvalue weighted by Gasteiger charge is -2.39. The van der Waals surface area contributed by atoms with Crippen LogP contribution in [-0.4, -0.2) is 64.1 Å². The summed E-state index contributed by atoms with van der Waals surface area (Å²) >= 11 is 0. The molecule has 2 aliphatic heterocycles. The van der Waals surface area contributed by atoms with Crippen LogP contribution < -0.4 is 0 Å². The number of H-pyrrole nitrogens is 1. The van der Waals surface area contributed by atoms with Gasteiger partial charge in [-0.05, 0) is 31.4 Å². The zero-order valence-electron chi connectivity index (χ0n) is 13.8. The van der Waals surface area contributed by atoms with Crippen LogP contribution in [0.2, 0.25) is 0 Å². The van der Waals surface area contributed by atoms with Gasteiger partial charge in [-0.3, -0.25) is 4.79 Å².